The van der Waals surface area contributed by atoms with Crippen LogP contribution in [0.1, 0.15) is 11.1 Å². The van der Waals surface area contributed by atoms with E-state index >= 15 is 0 Å². The van der Waals surface area contributed by atoms with Gasteiger partial charge in [-0.05, 0) is 23.3 Å². The van der Waals surface area contributed by atoms with Crippen molar-refractivity contribution in [2.75, 3.05) is 13.1 Å². The van der Waals surface area contributed by atoms with Crippen molar-refractivity contribution in [3.8, 4) is 5.75 Å². The minimum absolute atomic E-state index is 0.129. The molecule has 0 unspecified atom stereocenters. The number of hydrogen-bond donors (Lipinski definition) is 1. The van der Waals surface area contributed by atoms with Gasteiger partial charge in [-0.25, -0.2) is 9.18 Å². The first-order chi connectivity index (χ1) is 11.1. The molecule has 23 heavy (non-hydrogen) atoms. The lowest BCUT2D eigenvalue weighted by molar-refractivity contribution is 0.106. The highest BCUT2D eigenvalue weighted by Crippen LogP contribution is 2.29. The van der Waals surface area contributed by atoms with Crippen molar-refractivity contribution < 1.29 is 19.0 Å². The zero-order valence-corrected chi connectivity index (χ0v) is 12.4. The van der Waals surface area contributed by atoms with Gasteiger partial charge in [0.15, 0.2) is 0 Å². The Morgan fingerprint density at radius 1 is 1.22 bits per heavy atom. The van der Waals surface area contributed by atoms with E-state index in [9.17, 15) is 14.3 Å². The second-order valence-electron chi connectivity index (χ2n) is 5.31. The van der Waals surface area contributed by atoms with Crippen molar-refractivity contribution in [2.45, 2.75) is 6.61 Å². The third kappa shape index (κ3) is 3.51. The summed E-state index contributed by atoms with van der Waals surface area (Å²) in [5.41, 5.74) is 2.23. The van der Waals surface area contributed by atoms with E-state index in [1.165, 1.54) is 17.0 Å². The summed E-state index contributed by atoms with van der Waals surface area (Å²) < 4.78 is 18.3. The minimum atomic E-state index is -0.496. The Balaban J connectivity index is 1.59. The average Bonchev–Trinajstić information content (AvgIpc) is 3.03. The van der Waals surface area contributed by atoms with Gasteiger partial charge >= 0.3 is 6.09 Å². The number of hydrogen-bond acceptors (Lipinski definition) is 3. The number of halogens is 1. The van der Waals surface area contributed by atoms with E-state index in [-0.39, 0.29) is 12.4 Å². The topological polar surface area (TPSA) is 49.8 Å². The molecule has 0 aromatic heterocycles. The molecular weight excluding hydrogens is 297 g/mol. The first kappa shape index (κ1) is 15.1. The maximum atomic E-state index is 13.0. The van der Waals surface area contributed by atoms with Crippen LogP contribution < -0.4 is 0 Å². The number of rotatable bonds is 3. The minimum Gasteiger partial charge on any atom is -0.507 e. The number of aromatic hydroxyl groups is 1. The van der Waals surface area contributed by atoms with Gasteiger partial charge in [-0.1, -0.05) is 36.4 Å². The highest BCUT2D eigenvalue weighted by molar-refractivity contribution is 5.79. The van der Waals surface area contributed by atoms with Gasteiger partial charge in [-0.15, -0.1) is 0 Å². The quantitative estimate of drug-likeness (QED) is 0.942. The molecule has 0 fully saturated rings. The Kier molecular flexibility index (Phi) is 4.28. The van der Waals surface area contributed by atoms with Crippen LogP contribution in [-0.4, -0.2) is 29.2 Å². The first-order valence-corrected chi connectivity index (χ1v) is 7.27. The fourth-order valence-electron chi connectivity index (χ4n) is 2.48. The van der Waals surface area contributed by atoms with Crippen LogP contribution in [-0.2, 0) is 11.3 Å². The summed E-state index contributed by atoms with van der Waals surface area (Å²) in [6.07, 6.45) is 1.42. The molecular formula is C18H16FNO3. The summed E-state index contributed by atoms with van der Waals surface area (Å²) in [4.78, 5) is 13.6. The summed E-state index contributed by atoms with van der Waals surface area (Å²) in [6.45, 7) is 0.944. The van der Waals surface area contributed by atoms with E-state index in [4.69, 9.17) is 4.74 Å². The lowest BCUT2D eigenvalue weighted by atomic mass is 10.1. The van der Waals surface area contributed by atoms with Crippen molar-refractivity contribution in [3.05, 3.63) is 71.6 Å². The van der Waals surface area contributed by atoms with Gasteiger partial charge in [0.25, 0.3) is 0 Å². The Morgan fingerprint density at radius 2 is 2.00 bits per heavy atom. The Hall–Kier alpha value is -2.82. The molecule has 1 aliphatic heterocycles. The lowest BCUT2D eigenvalue weighted by Crippen LogP contribution is -2.29. The lowest BCUT2D eigenvalue weighted by Gasteiger charge is -2.16. The normalized spacial score (nSPS) is 13.8. The molecule has 1 aliphatic rings. The molecule has 5 heteroatoms. The molecule has 1 N–H and O–H groups in total. The van der Waals surface area contributed by atoms with E-state index in [0.29, 0.717) is 18.7 Å². The van der Waals surface area contributed by atoms with Gasteiger partial charge < -0.3 is 14.7 Å². The molecule has 118 valence electrons. The van der Waals surface area contributed by atoms with Crippen molar-refractivity contribution in [2.24, 2.45) is 0 Å². The largest absolute Gasteiger partial charge is 0.507 e. The zero-order valence-electron chi connectivity index (χ0n) is 12.4. The maximum absolute atomic E-state index is 13.0. The number of phenols is 1. The average molecular weight is 313 g/mol. The number of ether oxygens (including phenoxy) is 1. The third-order valence-corrected chi connectivity index (χ3v) is 3.69. The first-order valence-electron chi connectivity index (χ1n) is 7.27. The molecule has 0 bridgehead atoms. The number of amides is 1. The highest BCUT2D eigenvalue weighted by atomic mass is 19.1. The molecule has 1 amide bonds. The van der Waals surface area contributed by atoms with Crippen LogP contribution in [0.3, 0.4) is 0 Å². The van der Waals surface area contributed by atoms with Crippen molar-refractivity contribution in [1.29, 1.82) is 0 Å². The fourth-order valence-corrected chi connectivity index (χ4v) is 2.48. The van der Waals surface area contributed by atoms with Crippen LogP contribution in [0.2, 0.25) is 0 Å². The summed E-state index contributed by atoms with van der Waals surface area (Å²) in [5, 5.41) is 9.81. The van der Waals surface area contributed by atoms with E-state index < -0.39 is 11.9 Å². The molecule has 2 aromatic carbocycles. The van der Waals surface area contributed by atoms with E-state index in [1.54, 1.807) is 0 Å². The molecule has 0 radical (unpaired) electrons. The van der Waals surface area contributed by atoms with Gasteiger partial charge in [0.05, 0.1) is 0 Å². The second-order valence-corrected chi connectivity index (χ2v) is 5.31. The summed E-state index contributed by atoms with van der Waals surface area (Å²) >= 11 is 0. The third-order valence-electron chi connectivity index (χ3n) is 3.69. The van der Waals surface area contributed by atoms with E-state index in [2.05, 4.69) is 0 Å². The van der Waals surface area contributed by atoms with Gasteiger partial charge in [0.2, 0.25) is 0 Å². The SMILES string of the molecule is O=C(OCc1ccccc1)N1CC=C(c2ccc(F)cc2O)C1. The monoisotopic (exact) mass is 313 g/mol. The molecule has 0 atom stereocenters. The molecule has 0 saturated heterocycles. The standard InChI is InChI=1S/C18H16FNO3/c19-15-6-7-16(17(21)10-15)14-8-9-20(11-14)18(22)23-12-13-4-2-1-3-5-13/h1-8,10,21H,9,11-12H2. The molecule has 3 rings (SSSR count). The second kappa shape index (κ2) is 6.52. The van der Waals surface area contributed by atoms with Crippen molar-refractivity contribution >= 4 is 11.7 Å². The van der Waals surface area contributed by atoms with Crippen LogP contribution in [0.5, 0.6) is 5.75 Å². The molecule has 1 heterocycles. The number of nitrogens with zero attached hydrogens (tertiary/aromatic N) is 1. The molecule has 2 aromatic rings. The number of carbonyl (C=O) groups excluding carboxylic acids is 1. The molecule has 0 saturated carbocycles. The Labute approximate surface area is 133 Å². The highest BCUT2D eigenvalue weighted by Gasteiger charge is 2.23. The predicted octanol–water partition coefficient (Wildman–Crippen LogP) is 3.57. The number of carbonyl (C=O) groups is 1. The van der Waals surface area contributed by atoms with Crippen LogP contribution in [0, 0.1) is 5.82 Å². The molecule has 0 aliphatic carbocycles. The van der Waals surface area contributed by atoms with Crippen LogP contribution in [0.25, 0.3) is 5.57 Å². The van der Waals surface area contributed by atoms with Gasteiger partial charge in [-0.2, -0.15) is 0 Å². The van der Waals surface area contributed by atoms with Crippen LogP contribution in [0.4, 0.5) is 9.18 Å². The van der Waals surface area contributed by atoms with Crippen molar-refractivity contribution in [1.82, 2.24) is 4.90 Å². The summed E-state index contributed by atoms with van der Waals surface area (Å²) in [5.74, 6) is -0.625. The molecule has 4 nitrogen and oxygen atoms in total. The zero-order chi connectivity index (χ0) is 16.2. The Bertz CT molecular complexity index is 743. The fraction of sp³-hybridized carbons (Fsp3) is 0.167. The van der Waals surface area contributed by atoms with E-state index in [0.717, 1.165) is 17.2 Å². The van der Waals surface area contributed by atoms with Gasteiger partial charge in [-0.3, -0.25) is 0 Å². The van der Waals surface area contributed by atoms with E-state index in [1.807, 2.05) is 36.4 Å². The number of benzene rings is 2. The Morgan fingerprint density at radius 3 is 2.74 bits per heavy atom. The maximum Gasteiger partial charge on any atom is 0.410 e. The smallest absolute Gasteiger partial charge is 0.410 e. The summed E-state index contributed by atoms with van der Waals surface area (Å²) in [6, 6.07) is 13.3. The summed E-state index contributed by atoms with van der Waals surface area (Å²) in [7, 11) is 0. The van der Waals surface area contributed by atoms with Crippen LogP contribution in [0.15, 0.2) is 54.6 Å². The number of phenolic OH excluding ortho intramolecular Hbond substituents is 1. The van der Waals surface area contributed by atoms with Gasteiger partial charge in [0, 0.05) is 24.7 Å². The van der Waals surface area contributed by atoms with Crippen LogP contribution >= 0.6 is 0 Å². The predicted molar refractivity (Wildman–Crippen MR) is 84.2 cm³/mol. The van der Waals surface area contributed by atoms with Gasteiger partial charge in [0.1, 0.15) is 18.2 Å². The molecule has 0 spiro atoms. The van der Waals surface area contributed by atoms with Crippen molar-refractivity contribution in [3.63, 3.8) is 0 Å².